The molecular formula is C13H18O4. The summed E-state index contributed by atoms with van der Waals surface area (Å²) in [5.74, 6) is -1.55. The van der Waals surface area contributed by atoms with E-state index in [1.807, 2.05) is 6.08 Å². The van der Waals surface area contributed by atoms with E-state index in [1.54, 1.807) is 6.08 Å². The van der Waals surface area contributed by atoms with Crippen LogP contribution in [0.25, 0.3) is 0 Å². The lowest BCUT2D eigenvalue weighted by Gasteiger charge is -2.59. The lowest BCUT2D eigenvalue weighted by Crippen LogP contribution is -2.61. The Kier molecular flexibility index (Phi) is 2.56. The van der Waals surface area contributed by atoms with Crippen LogP contribution in [0.1, 0.15) is 34.1 Å². The first-order chi connectivity index (χ1) is 7.78. The van der Waals surface area contributed by atoms with E-state index in [2.05, 4.69) is 13.8 Å². The highest BCUT2D eigenvalue weighted by molar-refractivity contribution is 5.69. The zero-order chi connectivity index (χ0) is 12.8. The average Bonchev–Trinajstić information content (AvgIpc) is 2.14. The van der Waals surface area contributed by atoms with Gasteiger partial charge in [-0.15, -0.1) is 0 Å². The van der Waals surface area contributed by atoms with E-state index in [0.29, 0.717) is 5.92 Å². The van der Waals surface area contributed by atoms with Crippen molar-refractivity contribution >= 4 is 11.9 Å². The van der Waals surface area contributed by atoms with Crippen LogP contribution >= 0.6 is 0 Å². The molecule has 1 fully saturated rings. The normalized spacial score (nSPS) is 31.3. The van der Waals surface area contributed by atoms with Gasteiger partial charge in [-0.3, -0.25) is 9.59 Å². The van der Waals surface area contributed by atoms with Gasteiger partial charge in [0.2, 0.25) is 0 Å². The molecule has 2 unspecified atom stereocenters. The summed E-state index contributed by atoms with van der Waals surface area (Å²) in [4.78, 5) is 22.5. The van der Waals surface area contributed by atoms with Crippen LogP contribution in [0.3, 0.4) is 0 Å². The summed E-state index contributed by atoms with van der Waals surface area (Å²) in [5.41, 5.74) is -0.000347. The van der Waals surface area contributed by atoms with Crippen LogP contribution in [0.2, 0.25) is 0 Å². The second-order valence-corrected chi connectivity index (χ2v) is 5.48. The van der Waals surface area contributed by atoms with Gasteiger partial charge < -0.3 is 9.47 Å². The molecule has 0 amide bonds. The highest BCUT2D eigenvalue weighted by atomic mass is 16.7. The summed E-state index contributed by atoms with van der Waals surface area (Å²) in [6.45, 7) is 6.88. The minimum atomic E-state index is -1.20. The molecule has 3 aliphatic rings. The third kappa shape index (κ3) is 1.75. The molecule has 4 nitrogen and oxygen atoms in total. The number of rotatable bonds is 2. The monoisotopic (exact) mass is 238 g/mol. The van der Waals surface area contributed by atoms with E-state index >= 15 is 0 Å². The Morgan fingerprint density at radius 1 is 1.18 bits per heavy atom. The van der Waals surface area contributed by atoms with Gasteiger partial charge in [0.1, 0.15) is 0 Å². The lowest BCUT2D eigenvalue weighted by atomic mass is 9.49. The molecule has 0 aromatic rings. The van der Waals surface area contributed by atoms with Gasteiger partial charge in [-0.25, -0.2) is 0 Å². The first-order valence-electron chi connectivity index (χ1n) is 5.86. The molecule has 0 N–H and O–H groups in total. The molecule has 3 aliphatic carbocycles. The molecular weight excluding hydrogens is 220 g/mol. The average molecular weight is 238 g/mol. The highest BCUT2D eigenvalue weighted by Crippen LogP contribution is 2.61. The fourth-order valence-electron chi connectivity index (χ4n) is 3.02. The fourth-order valence-corrected chi connectivity index (χ4v) is 3.02. The van der Waals surface area contributed by atoms with Crippen molar-refractivity contribution in [3.05, 3.63) is 12.2 Å². The molecule has 0 heterocycles. The number of hydrogen-bond donors (Lipinski definition) is 0. The van der Waals surface area contributed by atoms with Crippen LogP contribution in [0.15, 0.2) is 12.2 Å². The Morgan fingerprint density at radius 3 is 2.06 bits per heavy atom. The van der Waals surface area contributed by atoms with Gasteiger partial charge in [-0.1, -0.05) is 19.9 Å². The largest absolute Gasteiger partial charge is 0.418 e. The minimum Gasteiger partial charge on any atom is -0.418 e. The van der Waals surface area contributed by atoms with Crippen LogP contribution in [0.5, 0.6) is 0 Å². The van der Waals surface area contributed by atoms with Crippen LogP contribution in [-0.4, -0.2) is 17.7 Å². The number of carbonyl (C=O) groups excluding carboxylic acids is 2. The summed E-state index contributed by atoms with van der Waals surface area (Å²) in [5, 5.41) is 0. The summed E-state index contributed by atoms with van der Waals surface area (Å²) in [6, 6.07) is 0. The van der Waals surface area contributed by atoms with E-state index in [0.717, 1.165) is 6.42 Å². The van der Waals surface area contributed by atoms with E-state index < -0.39 is 17.7 Å². The maximum atomic E-state index is 11.2. The van der Waals surface area contributed by atoms with Crippen LogP contribution in [0.4, 0.5) is 0 Å². The molecule has 17 heavy (non-hydrogen) atoms. The van der Waals surface area contributed by atoms with Gasteiger partial charge in [-0.05, 0) is 23.8 Å². The number of esters is 2. The molecule has 0 aliphatic heterocycles. The van der Waals surface area contributed by atoms with Crippen molar-refractivity contribution < 1.29 is 19.1 Å². The van der Waals surface area contributed by atoms with Crippen LogP contribution in [-0.2, 0) is 19.1 Å². The topological polar surface area (TPSA) is 52.6 Å². The second kappa shape index (κ2) is 3.59. The van der Waals surface area contributed by atoms with Crippen molar-refractivity contribution in [2.24, 2.45) is 17.3 Å². The summed E-state index contributed by atoms with van der Waals surface area (Å²) in [6.07, 6.45) is 4.61. The molecule has 0 aromatic heterocycles. The van der Waals surface area contributed by atoms with Crippen molar-refractivity contribution in [1.82, 2.24) is 0 Å². The molecule has 0 saturated heterocycles. The first kappa shape index (κ1) is 12.1. The number of allylic oxidation sites excluding steroid dienone is 1. The quantitative estimate of drug-likeness (QED) is 0.419. The second-order valence-electron chi connectivity index (χ2n) is 5.48. The predicted octanol–water partition coefficient (Wildman–Crippen LogP) is 2.04. The van der Waals surface area contributed by atoms with E-state index in [1.165, 1.54) is 13.8 Å². The van der Waals surface area contributed by atoms with E-state index in [9.17, 15) is 9.59 Å². The predicted molar refractivity (Wildman–Crippen MR) is 60.8 cm³/mol. The SMILES string of the molecule is CC(=O)OC1(OC(C)=O)C=CC2CC1C2(C)C. The van der Waals surface area contributed by atoms with Crippen molar-refractivity contribution in [1.29, 1.82) is 0 Å². The molecule has 1 saturated carbocycles. The standard InChI is InChI=1S/C13H18O4/c1-8(14)16-13(17-9(2)15)6-5-10-7-11(13)12(10,3)4/h5-6,10-11H,7H2,1-4H3. The van der Waals surface area contributed by atoms with Gasteiger partial charge in [0.05, 0.1) is 0 Å². The molecule has 3 rings (SSSR count). The third-order valence-electron chi connectivity index (χ3n) is 4.00. The number of fused-ring (bicyclic) bond motifs is 1. The van der Waals surface area contributed by atoms with Crippen molar-refractivity contribution in [2.45, 2.75) is 39.9 Å². The third-order valence-corrected chi connectivity index (χ3v) is 4.00. The molecule has 0 radical (unpaired) electrons. The number of carbonyl (C=O) groups is 2. The first-order valence-corrected chi connectivity index (χ1v) is 5.86. The minimum absolute atomic E-state index is 0.000347. The maximum absolute atomic E-state index is 11.2. The number of hydrogen-bond acceptors (Lipinski definition) is 4. The Morgan fingerprint density at radius 2 is 1.71 bits per heavy atom. The zero-order valence-electron chi connectivity index (χ0n) is 10.6. The van der Waals surface area contributed by atoms with E-state index in [4.69, 9.17) is 9.47 Å². The van der Waals surface area contributed by atoms with Crippen molar-refractivity contribution in [2.75, 3.05) is 0 Å². The van der Waals surface area contributed by atoms with Gasteiger partial charge in [0, 0.05) is 19.8 Å². The molecule has 0 spiro atoms. The highest BCUT2D eigenvalue weighted by Gasteiger charge is 2.62. The Labute approximate surface area is 101 Å². The maximum Gasteiger partial charge on any atom is 0.306 e. The summed E-state index contributed by atoms with van der Waals surface area (Å²) < 4.78 is 10.6. The Bertz CT molecular complexity index is 378. The van der Waals surface area contributed by atoms with Crippen molar-refractivity contribution in [3.63, 3.8) is 0 Å². The van der Waals surface area contributed by atoms with Gasteiger partial charge >= 0.3 is 11.9 Å². The Hall–Kier alpha value is -1.32. The van der Waals surface area contributed by atoms with Gasteiger partial charge in [-0.2, -0.15) is 0 Å². The van der Waals surface area contributed by atoms with Crippen LogP contribution < -0.4 is 0 Å². The molecule has 94 valence electrons. The van der Waals surface area contributed by atoms with Gasteiger partial charge in [0.25, 0.3) is 5.79 Å². The van der Waals surface area contributed by atoms with E-state index in [-0.39, 0.29) is 11.3 Å². The summed E-state index contributed by atoms with van der Waals surface area (Å²) in [7, 11) is 0. The van der Waals surface area contributed by atoms with Crippen LogP contribution in [0, 0.1) is 17.3 Å². The molecule has 2 bridgehead atoms. The lowest BCUT2D eigenvalue weighted by molar-refractivity contribution is -0.267. The van der Waals surface area contributed by atoms with Crippen molar-refractivity contribution in [3.8, 4) is 0 Å². The molecule has 4 heteroatoms. The molecule has 2 atom stereocenters. The smallest absolute Gasteiger partial charge is 0.306 e. The Balaban J connectivity index is 2.34. The number of ether oxygens (including phenoxy) is 2. The van der Waals surface area contributed by atoms with Gasteiger partial charge in [0.15, 0.2) is 0 Å². The fraction of sp³-hybridized carbons (Fsp3) is 0.692. The summed E-state index contributed by atoms with van der Waals surface area (Å²) >= 11 is 0. The zero-order valence-corrected chi connectivity index (χ0v) is 10.6. The molecule has 0 aromatic carbocycles.